The van der Waals surface area contributed by atoms with Crippen molar-refractivity contribution in [2.75, 3.05) is 0 Å². The first-order valence-corrected chi connectivity index (χ1v) is 6.77. The van der Waals surface area contributed by atoms with E-state index >= 15 is 0 Å². The lowest BCUT2D eigenvalue weighted by atomic mass is 10.1. The molecule has 0 saturated heterocycles. The molecule has 0 spiro atoms. The van der Waals surface area contributed by atoms with Gasteiger partial charge in [-0.3, -0.25) is 0 Å². The first kappa shape index (κ1) is 13.6. The van der Waals surface area contributed by atoms with Gasteiger partial charge in [0.1, 0.15) is 5.75 Å². The molecule has 2 rings (SSSR count). The highest BCUT2D eigenvalue weighted by Crippen LogP contribution is 2.17. The molecule has 0 aromatic heterocycles. The van der Waals surface area contributed by atoms with Gasteiger partial charge in [-0.05, 0) is 60.5 Å². The molecule has 3 nitrogen and oxygen atoms in total. The van der Waals surface area contributed by atoms with Crippen LogP contribution >= 0.6 is 15.9 Å². The van der Waals surface area contributed by atoms with E-state index in [4.69, 9.17) is 4.84 Å². The molecule has 0 aliphatic rings. The highest BCUT2D eigenvalue weighted by Gasteiger charge is 2.02. The molecule has 98 valence electrons. The molecule has 1 N–H and O–H groups in total. The van der Waals surface area contributed by atoms with E-state index in [0.717, 1.165) is 22.2 Å². The lowest BCUT2D eigenvalue weighted by Gasteiger charge is -2.05. The van der Waals surface area contributed by atoms with Crippen LogP contribution in [-0.4, -0.2) is 10.8 Å². The molecule has 0 heterocycles. The van der Waals surface area contributed by atoms with Crippen LogP contribution < -0.4 is 4.84 Å². The summed E-state index contributed by atoms with van der Waals surface area (Å²) in [6.07, 6.45) is 0.751. The molecule has 2 aromatic rings. The zero-order chi connectivity index (χ0) is 13.7. The monoisotopic (exact) mass is 319 g/mol. The molecule has 19 heavy (non-hydrogen) atoms. The van der Waals surface area contributed by atoms with E-state index < -0.39 is 0 Å². The van der Waals surface area contributed by atoms with Gasteiger partial charge in [0.25, 0.3) is 0 Å². The van der Waals surface area contributed by atoms with Crippen molar-refractivity contribution in [3.05, 3.63) is 58.6 Å². The number of aromatic hydroxyl groups is 1. The number of phenols is 1. The van der Waals surface area contributed by atoms with Crippen molar-refractivity contribution in [3.63, 3.8) is 0 Å². The fourth-order valence-electron chi connectivity index (χ4n) is 1.58. The van der Waals surface area contributed by atoms with Gasteiger partial charge in [-0.1, -0.05) is 28.0 Å². The van der Waals surface area contributed by atoms with E-state index in [2.05, 4.69) is 21.1 Å². The van der Waals surface area contributed by atoms with Gasteiger partial charge in [-0.15, -0.1) is 0 Å². The van der Waals surface area contributed by atoms with Crippen LogP contribution in [0.15, 0.2) is 58.2 Å². The van der Waals surface area contributed by atoms with E-state index in [0.29, 0.717) is 5.75 Å². The minimum Gasteiger partial charge on any atom is -0.508 e. The fourth-order valence-corrected chi connectivity index (χ4v) is 1.84. The second-order valence-electron chi connectivity index (χ2n) is 3.98. The van der Waals surface area contributed by atoms with E-state index in [1.165, 1.54) is 0 Å². The maximum atomic E-state index is 9.27. The lowest BCUT2D eigenvalue weighted by molar-refractivity contribution is 0.340. The average molecular weight is 320 g/mol. The molecule has 0 unspecified atom stereocenters. The van der Waals surface area contributed by atoms with Crippen LogP contribution in [-0.2, 0) is 0 Å². The second kappa shape index (κ2) is 6.38. The van der Waals surface area contributed by atoms with Gasteiger partial charge in [-0.2, -0.15) is 0 Å². The van der Waals surface area contributed by atoms with Crippen LogP contribution in [0, 0.1) is 0 Å². The van der Waals surface area contributed by atoms with Crippen LogP contribution in [0.1, 0.15) is 18.9 Å². The summed E-state index contributed by atoms with van der Waals surface area (Å²) in [5.74, 6) is 0.931. The van der Waals surface area contributed by atoms with Gasteiger partial charge in [0.15, 0.2) is 5.75 Å². The maximum Gasteiger partial charge on any atom is 0.158 e. The minimum atomic E-state index is 0.244. The summed E-state index contributed by atoms with van der Waals surface area (Å²) in [6, 6.07) is 14.4. The summed E-state index contributed by atoms with van der Waals surface area (Å²) in [5, 5.41) is 13.4. The lowest BCUT2D eigenvalue weighted by Crippen LogP contribution is -2.01. The predicted molar refractivity (Wildman–Crippen MR) is 79.7 cm³/mol. The summed E-state index contributed by atoms with van der Waals surface area (Å²) in [5.41, 5.74) is 1.78. The number of oxime groups is 1. The number of hydrogen-bond acceptors (Lipinski definition) is 3. The van der Waals surface area contributed by atoms with Gasteiger partial charge < -0.3 is 9.94 Å². The van der Waals surface area contributed by atoms with Crippen LogP contribution in [0.3, 0.4) is 0 Å². The Balaban J connectivity index is 2.15. The van der Waals surface area contributed by atoms with Gasteiger partial charge in [0, 0.05) is 4.47 Å². The Morgan fingerprint density at radius 1 is 1.11 bits per heavy atom. The Kier molecular flexibility index (Phi) is 4.58. The van der Waals surface area contributed by atoms with Crippen LogP contribution in [0.2, 0.25) is 0 Å². The molecule has 0 amide bonds. The smallest absolute Gasteiger partial charge is 0.158 e. The third-order valence-electron chi connectivity index (χ3n) is 2.61. The van der Waals surface area contributed by atoms with Gasteiger partial charge in [0.2, 0.25) is 0 Å². The Bertz CT molecular complexity index is 562. The zero-order valence-electron chi connectivity index (χ0n) is 10.5. The normalized spacial score (nSPS) is 11.4. The number of nitrogens with zero attached hydrogens (tertiary/aromatic N) is 1. The topological polar surface area (TPSA) is 41.8 Å². The number of halogens is 1. The highest BCUT2D eigenvalue weighted by molar-refractivity contribution is 9.10. The van der Waals surface area contributed by atoms with E-state index in [1.54, 1.807) is 12.1 Å². The first-order valence-electron chi connectivity index (χ1n) is 5.98. The Morgan fingerprint density at radius 3 is 2.32 bits per heavy atom. The molecule has 2 aromatic carbocycles. The van der Waals surface area contributed by atoms with Gasteiger partial charge in [-0.25, -0.2) is 0 Å². The molecule has 0 fully saturated rings. The van der Waals surface area contributed by atoms with Crippen molar-refractivity contribution in [3.8, 4) is 11.5 Å². The van der Waals surface area contributed by atoms with Gasteiger partial charge in [0.05, 0.1) is 5.71 Å². The molecular formula is C15H14BrNO2. The second-order valence-corrected chi connectivity index (χ2v) is 4.90. The third kappa shape index (κ3) is 3.83. The van der Waals surface area contributed by atoms with Crippen LogP contribution in [0.5, 0.6) is 11.5 Å². The summed E-state index contributed by atoms with van der Waals surface area (Å²) in [7, 11) is 0. The summed E-state index contributed by atoms with van der Waals surface area (Å²) >= 11 is 3.37. The summed E-state index contributed by atoms with van der Waals surface area (Å²) in [6.45, 7) is 2.01. The number of hydrogen-bond donors (Lipinski definition) is 1. The van der Waals surface area contributed by atoms with Crippen molar-refractivity contribution in [2.24, 2.45) is 5.16 Å². The van der Waals surface area contributed by atoms with E-state index in [-0.39, 0.29) is 5.75 Å². The Labute approximate surface area is 120 Å². The predicted octanol–water partition coefficient (Wildman–Crippen LogP) is 4.35. The van der Waals surface area contributed by atoms with Crippen molar-refractivity contribution >= 4 is 21.6 Å². The van der Waals surface area contributed by atoms with Crippen molar-refractivity contribution in [1.82, 2.24) is 0 Å². The fraction of sp³-hybridized carbons (Fsp3) is 0.133. The van der Waals surface area contributed by atoms with Crippen LogP contribution in [0.25, 0.3) is 0 Å². The van der Waals surface area contributed by atoms with E-state index in [1.807, 2.05) is 43.3 Å². The summed E-state index contributed by atoms with van der Waals surface area (Å²) < 4.78 is 0.998. The van der Waals surface area contributed by atoms with Crippen molar-refractivity contribution in [2.45, 2.75) is 13.3 Å². The van der Waals surface area contributed by atoms with E-state index in [9.17, 15) is 5.11 Å². The highest BCUT2D eigenvalue weighted by atomic mass is 79.9. The standard InChI is InChI=1S/C15H14BrNO2/c1-2-15(11-3-7-13(18)8-4-11)17-19-14-9-5-12(16)6-10-14/h3-10,18H,2H2,1H3/b17-15+. The average Bonchev–Trinajstić information content (AvgIpc) is 2.43. The molecule has 0 saturated carbocycles. The first-order chi connectivity index (χ1) is 9.19. The quantitative estimate of drug-likeness (QED) is 0.672. The number of rotatable bonds is 4. The molecule has 0 radical (unpaired) electrons. The SMILES string of the molecule is CC/C(=N\Oc1ccc(Br)cc1)c1ccc(O)cc1. The summed E-state index contributed by atoms with van der Waals surface area (Å²) in [4.78, 5) is 5.40. The molecule has 4 heteroatoms. The minimum absolute atomic E-state index is 0.244. The molecular weight excluding hydrogens is 306 g/mol. The third-order valence-corrected chi connectivity index (χ3v) is 3.14. The molecule has 0 bridgehead atoms. The molecule has 0 atom stereocenters. The van der Waals surface area contributed by atoms with Crippen molar-refractivity contribution < 1.29 is 9.94 Å². The maximum absolute atomic E-state index is 9.27. The number of benzene rings is 2. The van der Waals surface area contributed by atoms with Gasteiger partial charge >= 0.3 is 0 Å². The van der Waals surface area contributed by atoms with Crippen molar-refractivity contribution in [1.29, 1.82) is 0 Å². The molecule has 0 aliphatic heterocycles. The Hall–Kier alpha value is -1.81. The Morgan fingerprint density at radius 2 is 1.74 bits per heavy atom. The van der Waals surface area contributed by atoms with Crippen LogP contribution in [0.4, 0.5) is 0 Å². The number of phenolic OH excluding ortho intramolecular Hbond substituents is 1. The largest absolute Gasteiger partial charge is 0.508 e. The zero-order valence-corrected chi connectivity index (χ0v) is 12.1. The molecule has 0 aliphatic carbocycles.